The summed E-state index contributed by atoms with van der Waals surface area (Å²) in [5, 5.41) is 3.32. The molecule has 25 heavy (non-hydrogen) atoms. The van der Waals surface area contributed by atoms with Crippen LogP contribution in [0.1, 0.15) is 30.0 Å². The highest BCUT2D eigenvalue weighted by atomic mass is 35.5. The Morgan fingerprint density at radius 2 is 1.84 bits per heavy atom. The highest BCUT2D eigenvalue weighted by molar-refractivity contribution is 5.85. The number of nitrogen functional groups attached to an aromatic ring is 1. The van der Waals surface area contributed by atoms with Gasteiger partial charge in [-0.1, -0.05) is 12.1 Å². The Bertz CT molecular complexity index is 663. The molecule has 1 aliphatic rings. The van der Waals surface area contributed by atoms with Crippen molar-refractivity contribution in [3.05, 3.63) is 41.6 Å². The van der Waals surface area contributed by atoms with Gasteiger partial charge in [-0.2, -0.15) is 4.98 Å². The molecule has 0 spiro atoms. The first-order valence-corrected chi connectivity index (χ1v) is 7.91. The van der Waals surface area contributed by atoms with E-state index in [1.807, 2.05) is 18.2 Å². The van der Waals surface area contributed by atoms with Crippen LogP contribution in [0.5, 0.6) is 5.75 Å². The maximum absolute atomic E-state index is 5.85. The van der Waals surface area contributed by atoms with Gasteiger partial charge in [0.15, 0.2) is 0 Å². The smallest absolute Gasteiger partial charge is 0.222 e. The largest absolute Gasteiger partial charge is 0.497 e. The lowest BCUT2D eigenvalue weighted by Crippen LogP contribution is -2.35. The van der Waals surface area contributed by atoms with Gasteiger partial charge in [-0.15, -0.1) is 24.8 Å². The number of halogens is 2. The van der Waals surface area contributed by atoms with Crippen molar-refractivity contribution in [3.63, 3.8) is 0 Å². The molecule has 0 amide bonds. The first-order valence-electron chi connectivity index (χ1n) is 7.91. The third kappa shape index (κ3) is 5.63. The fourth-order valence-corrected chi connectivity index (χ4v) is 2.82. The molecule has 5 N–H and O–H groups in total. The van der Waals surface area contributed by atoms with Crippen LogP contribution in [0.3, 0.4) is 0 Å². The first kappa shape index (κ1) is 21.3. The summed E-state index contributed by atoms with van der Waals surface area (Å²) in [5.74, 6) is 2.38. The minimum absolute atomic E-state index is 0. The molecular weight excluding hydrogens is 361 g/mol. The quantitative estimate of drug-likeness (QED) is 0.706. The molecule has 1 aliphatic carbocycles. The highest BCUT2D eigenvalue weighted by Crippen LogP contribution is 2.35. The van der Waals surface area contributed by atoms with Gasteiger partial charge < -0.3 is 21.5 Å². The van der Waals surface area contributed by atoms with Crippen molar-refractivity contribution >= 4 is 36.6 Å². The Hall–Kier alpha value is -1.76. The molecule has 1 fully saturated rings. The van der Waals surface area contributed by atoms with Crippen LogP contribution in [0.2, 0.25) is 0 Å². The molecule has 0 saturated heterocycles. The number of hydrogen-bond donors (Lipinski definition) is 3. The van der Waals surface area contributed by atoms with Crippen LogP contribution in [0.4, 0.5) is 11.8 Å². The van der Waals surface area contributed by atoms with Crippen LogP contribution in [0.15, 0.2) is 30.3 Å². The van der Waals surface area contributed by atoms with Crippen LogP contribution in [-0.4, -0.2) is 29.7 Å². The minimum Gasteiger partial charge on any atom is -0.497 e. The number of methoxy groups -OCH3 is 1. The van der Waals surface area contributed by atoms with Crippen molar-refractivity contribution in [1.82, 2.24) is 9.97 Å². The molecule has 0 radical (unpaired) electrons. The zero-order valence-electron chi connectivity index (χ0n) is 14.1. The van der Waals surface area contributed by atoms with E-state index in [-0.39, 0.29) is 24.8 Å². The molecule has 8 heteroatoms. The summed E-state index contributed by atoms with van der Waals surface area (Å²) >= 11 is 0. The normalized spacial score (nSPS) is 18.3. The maximum atomic E-state index is 5.85. The zero-order valence-corrected chi connectivity index (χ0v) is 15.8. The van der Waals surface area contributed by atoms with Gasteiger partial charge in [-0.3, -0.25) is 0 Å². The molecule has 1 heterocycles. The van der Waals surface area contributed by atoms with Crippen LogP contribution < -0.4 is 21.5 Å². The molecule has 0 aliphatic heterocycles. The van der Waals surface area contributed by atoms with Gasteiger partial charge in [0.05, 0.1) is 12.8 Å². The molecule has 1 saturated carbocycles. The molecule has 138 valence electrons. The van der Waals surface area contributed by atoms with Gasteiger partial charge in [0.2, 0.25) is 5.95 Å². The summed E-state index contributed by atoms with van der Waals surface area (Å²) in [4.78, 5) is 8.59. The number of nitrogens with two attached hydrogens (primary N) is 2. The van der Waals surface area contributed by atoms with Crippen molar-refractivity contribution < 1.29 is 4.74 Å². The number of nitrogens with one attached hydrogen (secondary N) is 1. The van der Waals surface area contributed by atoms with E-state index in [1.165, 1.54) is 5.56 Å². The molecule has 2 aromatic rings. The monoisotopic (exact) mass is 385 g/mol. The SMILES string of the molecule is COc1ccc(CCNc2cc(C3CC(N)C3)nc(N)n2)cc1.Cl.Cl. The van der Waals surface area contributed by atoms with Crippen molar-refractivity contribution in [2.24, 2.45) is 5.73 Å². The summed E-state index contributed by atoms with van der Waals surface area (Å²) < 4.78 is 5.16. The zero-order chi connectivity index (χ0) is 16.2. The average Bonchev–Trinajstić information content (AvgIpc) is 2.52. The Morgan fingerprint density at radius 3 is 2.44 bits per heavy atom. The van der Waals surface area contributed by atoms with Crippen LogP contribution in [0, 0.1) is 0 Å². The lowest BCUT2D eigenvalue weighted by atomic mass is 9.78. The number of aromatic nitrogens is 2. The topological polar surface area (TPSA) is 99.1 Å². The molecule has 0 bridgehead atoms. The summed E-state index contributed by atoms with van der Waals surface area (Å²) in [7, 11) is 1.67. The van der Waals surface area contributed by atoms with Crippen molar-refractivity contribution in [1.29, 1.82) is 0 Å². The standard InChI is InChI=1S/C17H23N5O.2ClH/c1-23-14-4-2-11(3-5-14)6-7-20-16-10-15(21-17(19)22-16)12-8-13(18)9-12;;/h2-5,10,12-13H,6-9,18H2,1H3,(H3,19,20,21,22);2*1H. The van der Waals surface area contributed by atoms with E-state index >= 15 is 0 Å². The molecule has 1 aromatic carbocycles. The Kier molecular flexibility index (Phi) is 8.22. The predicted octanol–water partition coefficient (Wildman–Crippen LogP) is 2.77. The van der Waals surface area contributed by atoms with E-state index in [4.69, 9.17) is 16.2 Å². The number of nitrogens with zero attached hydrogens (tertiary/aromatic N) is 2. The molecule has 0 unspecified atom stereocenters. The number of anilines is 2. The Labute approximate surface area is 160 Å². The Balaban J connectivity index is 0.00000156. The van der Waals surface area contributed by atoms with E-state index in [0.29, 0.717) is 17.9 Å². The van der Waals surface area contributed by atoms with Crippen LogP contribution >= 0.6 is 24.8 Å². The third-order valence-corrected chi connectivity index (χ3v) is 4.23. The lowest BCUT2D eigenvalue weighted by molar-refractivity contribution is 0.345. The number of rotatable bonds is 6. The van der Waals surface area contributed by atoms with Gasteiger partial charge in [0.1, 0.15) is 11.6 Å². The van der Waals surface area contributed by atoms with Crippen LogP contribution in [-0.2, 0) is 6.42 Å². The van der Waals surface area contributed by atoms with Crippen LogP contribution in [0.25, 0.3) is 0 Å². The minimum atomic E-state index is 0. The van der Waals surface area contributed by atoms with Gasteiger partial charge >= 0.3 is 0 Å². The van der Waals surface area contributed by atoms with Gasteiger partial charge in [0.25, 0.3) is 0 Å². The van der Waals surface area contributed by atoms with Crippen molar-refractivity contribution in [2.75, 3.05) is 24.7 Å². The summed E-state index contributed by atoms with van der Waals surface area (Å²) in [6, 6.07) is 10.3. The van der Waals surface area contributed by atoms with Gasteiger partial charge in [0, 0.05) is 24.6 Å². The summed E-state index contributed by atoms with van der Waals surface area (Å²) in [6.07, 6.45) is 2.85. The number of benzene rings is 1. The maximum Gasteiger partial charge on any atom is 0.222 e. The van der Waals surface area contributed by atoms with E-state index in [2.05, 4.69) is 27.4 Å². The second-order valence-corrected chi connectivity index (χ2v) is 5.99. The lowest BCUT2D eigenvalue weighted by Gasteiger charge is -2.32. The fraction of sp³-hybridized carbons (Fsp3) is 0.412. The predicted molar refractivity (Wildman–Crippen MR) is 106 cm³/mol. The van der Waals surface area contributed by atoms with Gasteiger partial charge in [-0.05, 0) is 37.0 Å². The molecular formula is C17H25Cl2N5O. The average molecular weight is 386 g/mol. The highest BCUT2D eigenvalue weighted by Gasteiger charge is 2.29. The van der Waals surface area contributed by atoms with E-state index in [1.54, 1.807) is 7.11 Å². The molecule has 6 nitrogen and oxygen atoms in total. The second-order valence-electron chi connectivity index (χ2n) is 5.99. The second kappa shape index (κ2) is 9.65. The van der Waals surface area contributed by atoms with E-state index in [0.717, 1.165) is 43.1 Å². The third-order valence-electron chi connectivity index (χ3n) is 4.23. The van der Waals surface area contributed by atoms with Crippen molar-refractivity contribution in [3.8, 4) is 5.75 Å². The summed E-state index contributed by atoms with van der Waals surface area (Å²) in [5.41, 5.74) is 13.9. The van der Waals surface area contributed by atoms with Crippen molar-refractivity contribution in [2.45, 2.75) is 31.2 Å². The summed E-state index contributed by atoms with van der Waals surface area (Å²) in [6.45, 7) is 0.784. The first-order chi connectivity index (χ1) is 11.1. The molecule has 0 atom stereocenters. The number of ether oxygens (including phenoxy) is 1. The van der Waals surface area contributed by atoms with E-state index < -0.39 is 0 Å². The number of hydrogen-bond acceptors (Lipinski definition) is 6. The van der Waals surface area contributed by atoms with E-state index in [9.17, 15) is 0 Å². The molecule has 3 rings (SSSR count). The Morgan fingerprint density at radius 1 is 1.16 bits per heavy atom. The van der Waals surface area contributed by atoms with Gasteiger partial charge in [-0.25, -0.2) is 4.98 Å². The molecule has 1 aromatic heterocycles. The fourth-order valence-electron chi connectivity index (χ4n) is 2.82.